The molecular formula is C25H30FNO5S2. The number of anilines is 2. The van der Waals surface area contributed by atoms with Crippen molar-refractivity contribution in [3.8, 4) is 5.75 Å². The molecule has 1 N–H and O–H groups in total. The number of benzene rings is 2. The van der Waals surface area contributed by atoms with E-state index in [0.717, 1.165) is 29.8 Å². The van der Waals surface area contributed by atoms with Gasteiger partial charge < -0.3 is 14.7 Å². The largest absolute Gasteiger partial charge is 0.491 e. The molecule has 1 atom stereocenters. The molecule has 2 aliphatic rings. The molecule has 9 heteroatoms. The Bertz CT molecular complexity index is 1160. The second-order valence-electron chi connectivity index (χ2n) is 9.22. The van der Waals surface area contributed by atoms with E-state index < -0.39 is 21.2 Å². The molecule has 1 heterocycles. The summed E-state index contributed by atoms with van der Waals surface area (Å²) in [5, 5.41) is 9.49. The minimum absolute atomic E-state index is 0.00945. The molecule has 2 aromatic carbocycles. The van der Waals surface area contributed by atoms with Gasteiger partial charge in [0, 0.05) is 18.3 Å². The Morgan fingerprint density at radius 2 is 1.97 bits per heavy atom. The summed E-state index contributed by atoms with van der Waals surface area (Å²) in [5.74, 6) is -0.911. The van der Waals surface area contributed by atoms with Crippen molar-refractivity contribution in [2.24, 2.45) is 11.3 Å². The highest BCUT2D eigenvalue weighted by atomic mass is 32.2. The highest BCUT2D eigenvalue weighted by Gasteiger charge is 2.51. The van der Waals surface area contributed by atoms with Gasteiger partial charge in [-0.05, 0) is 61.8 Å². The summed E-state index contributed by atoms with van der Waals surface area (Å²) in [5.41, 5.74) is 0.388. The van der Waals surface area contributed by atoms with Crippen molar-refractivity contribution in [1.82, 2.24) is 0 Å². The van der Waals surface area contributed by atoms with Crippen molar-refractivity contribution in [2.45, 2.75) is 48.8 Å². The van der Waals surface area contributed by atoms with Crippen LogP contribution in [0.5, 0.6) is 5.75 Å². The summed E-state index contributed by atoms with van der Waals surface area (Å²) in [4.78, 5) is 14.4. The minimum Gasteiger partial charge on any atom is -0.491 e. The molecule has 4 rings (SSSR count). The first-order valence-corrected chi connectivity index (χ1v) is 14.4. The number of hydrogen-bond donors (Lipinski definition) is 1. The Kier molecular flexibility index (Phi) is 7.14. The fraction of sp³-hybridized carbons (Fsp3) is 0.480. The predicted molar refractivity (Wildman–Crippen MR) is 131 cm³/mol. The van der Waals surface area contributed by atoms with Gasteiger partial charge in [0.25, 0.3) is 0 Å². The number of sulfone groups is 1. The Balaban J connectivity index is 1.78. The summed E-state index contributed by atoms with van der Waals surface area (Å²) in [7, 11) is -3.63. The van der Waals surface area contributed by atoms with Gasteiger partial charge in [-0.1, -0.05) is 19.8 Å². The average Bonchev–Trinajstić information content (AvgIpc) is 3.61. The Morgan fingerprint density at radius 1 is 1.26 bits per heavy atom. The quantitative estimate of drug-likeness (QED) is 0.447. The number of carboxylic acids is 1. The van der Waals surface area contributed by atoms with Gasteiger partial charge in [0.15, 0.2) is 9.84 Å². The summed E-state index contributed by atoms with van der Waals surface area (Å²) in [6.07, 6.45) is 5.65. The molecule has 0 radical (unpaired) electrons. The van der Waals surface area contributed by atoms with Gasteiger partial charge in [0.05, 0.1) is 21.2 Å². The third kappa shape index (κ3) is 5.05. The topological polar surface area (TPSA) is 83.9 Å². The Morgan fingerprint density at radius 3 is 2.56 bits per heavy atom. The van der Waals surface area contributed by atoms with E-state index in [1.807, 2.05) is 11.2 Å². The number of nitrogens with zero attached hydrogens (tertiary/aromatic N) is 1. The molecule has 2 aromatic rings. The summed E-state index contributed by atoms with van der Waals surface area (Å²) in [6, 6.07) is 9.44. The minimum atomic E-state index is -3.63. The Hall–Kier alpha value is -2.26. The lowest BCUT2D eigenvalue weighted by atomic mass is 10.0. The van der Waals surface area contributed by atoms with Gasteiger partial charge in [-0.3, -0.25) is 4.79 Å². The normalized spacial score (nSPS) is 20.3. The first-order chi connectivity index (χ1) is 16.2. The van der Waals surface area contributed by atoms with E-state index >= 15 is 0 Å². The van der Waals surface area contributed by atoms with Crippen LogP contribution < -0.4 is 9.64 Å². The smallest absolute Gasteiger partial charge is 0.313 e. The van der Waals surface area contributed by atoms with E-state index in [1.165, 1.54) is 23.9 Å². The molecule has 0 bridgehead atoms. The van der Waals surface area contributed by atoms with Crippen LogP contribution in [0.3, 0.4) is 0 Å². The van der Waals surface area contributed by atoms with Crippen LogP contribution in [0.2, 0.25) is 0 Å². The summed E-state index contributed by atoms with van der Waals surface area (Å²) < 4.78 is 46.6. The molecule has 0 spiro atoms. The maximum Gasteiger partial charge on any atom is 0.313 e. The number of aliphatic carboxylic acids is 1. The number of ether oxygens (including phenoxy) is 1. The molecule has 1 fully saturated rings. The lowest BCUT2D eigenvalue weighted by molar-refractivity contribution is -0.144. The zero-order valence-corrected chi connectivity index (χ0v) is 21.1. The number of halogens is 1. The van der Waals surface area contributed by atoms with Crippen LogP contribution in [0, 0.1) is 17.2 Å². The number of carbonyl (C=O) groups is 1. The molecular weight excluding hydrogens is 477 g/mol. The van der Waals surface area contributed by atoms with Crippen LogP contribution in [-0.4, -0.2) is 44.7 Å². The average molecular weight is 508 g/mol. The second kappa shape index (κ2) is 9.77. The zero-order chi connectivity index (χ0) is 24.5. The van der Waals surface area contributed by atoms with Gasteiger partial charge in [0.2, 0.25) is 0 Å². The molecule has 1 aliphatic heterocycles. The van der Waals surface area contributed by atoms with Crippen molar-refractivity contribution >= 4 is 38.9 Å². The Labute approximate surface area is 204 Å². The number of unbranched alkanes of at least 4 members (excludes halogenated alkanes) is 1. The fourth-order valence-corrected chi connectivity index (χ4v) is 6.79. The molecule has 1 unspecified atom stereocenters. The SMILES string of the molecule is CCCCC1CN(c2ccc(F)cc2)c2cc(SC)c(OCC3(C(=O)O)CC3)cc2S(=O)(=O)C1. The van der Waals surface area contributed by atoms with E-state index in [2.05, 4.69) is 6.92 Å². The summed E-state index contributed by atoms with van der Waals surface area (Å²) >= 11 is 1.42. The number of thioether (sulfide) groups is 1. The third-order valence-electron chi connectivity index (χ3n) is 6.68. The van der Waals surface area contributed by atoms with Crippen LogP contribution in [0.4, 0.5) is 15.8 Å². The van der Waals surface area contributed by atoms with E-state index in [9.17, 15) is 22.7 Å². The van der Waals surface area contributed by atoms with Crippen molar-refractivity contribution < 1.29 is 27.4 Å². The first-order valence-electron chi connectivity index (χ1n) is 11.5. The first kappa shape index (κ1) is 24.9. The van der Waals surface area contributed by atoms with Gasteiger partial charge in [-0.15, -0.1) is 11.8 Å². The number of rotatable bonds is 9. The van der Waals surface area contributed by atoms with Crippen LogP contribution in [0.25, 0.3) is 0 Å². The molecule has 1 saturated carbocycles. The fourth-order valence-electron chi connectivity index (χ4n) is 4.39. The van der Waals surface area contributed by atoms with Crippen molar-refractivity contribution in [2.75, 3.05) is 30.1 Å². The van der Waals surface area contributed by atoms with Crippen molar-refractivity contribution in [1.29, 1.82) is 0 Å². The van der Waals surface area contributed by atoms with Crippen LogP contribution >= 0.6 is 11.8 Å². The van der Waals surface area contributed by atoms with Crippen molar-refractivity contribution in [3.05, 3.63) is 42.2 Å². The molecule has 0 saturated heterocycles. The maximum atomic E-state index is 13.6. The molecule has 0 amide bonds. The number of hydrogen-bond acceptors (Lipinski definition) is 6. The van der Waals surface area contributed by atoms with Gasteiger partial charge >= 0.3 is 5.97 Å². The lowest BCUT2D eigenvalue weighted by Gasteiger charge is -2.28. The number of fused-ring (bicyclic) bond motifs is 1. The van der Waals surface area contributed by atoms with E-state index in [1.54, 1.807) is 24.3 Å². The lowest BCUT2D eigenvalue weighted by Crippen LogP contribution is -2.26. The van der Waals surface area contributed by atoms with E-state index in [0.29, 0.717) is 30.8 Å². The highest BCUT2D eigenvalue weighted by molar-refractivity contribution is 7.98. The monoisotopic (exact) mass is 507 g/mol. The predicted octanol–water partition coefficient (Wildman–Crippen LogP) is 5.52. The molecule has 0 aromatic heterocycles. The molecule has 184 valence electrons. The second-order valence-corrected chi connectivity index (χ2v) is 12.1. The highest BCUT2D eigenvalue weighted by Crippen LogP contribution is 2.48. The van der Waals surface area contributed by atoms with E-state index in [4.69, 9.17) is 4.74 Å². The number of carboxylic acid groups (broad SMARTS) is 1. The summed E-state index contributed by atoms with van der Waals surface area (Å²) in [6.45, 7) is 2.60. The zero-order valence-electron chi connectivity index (χ0n) is 19.4. The van der Waals surface area contributed by atoms with Crippen LogP contribution in [0.15, 0.2) is 46.2 Å². The van der Waals surface area contributed by atoms with Gasteiger partial charge in [-0.25, -0.2) is 12.8 Å². The van der Waals surface area contributed by atoms with Crippen molar-refractivity contribution in [3.63, 3.8) is 0 Å². The van der Waals surface area contributed by atoms with E-state index in [-0.39, 0.29) is 29.0 Å². The van der Waals surface area contributed by atoms with Gasteiger partial charge in [-0.2, -0.15) is 0 Å². The van der Waals surface area contributed by atoms with Gasteiger partial charge in [0.1, 0.15) is 23.6 Å². The maximum absolute atomic E-state index is 13.6. The van der Waals surface area contributed by atoms with Crippen LogP contribution in [-0.2, 0) is 14.6 Å². The molecule has 34 heavy (non-hydrogen) atoms. The molecule has 6 nitrogen and oxygen atoms in total. The standard InChI is InChI=1S/C25H30FNO5S2/c1-3-4-5-17-14-27(19-8-6-18(26)7-9-19)20-12-22(33-2)21(13-23(20)34(30,31)15-17)32-16-25(10-11-25)24(28)29/h6-9,12-13,17H,3-5,10-11,14-16H2,1-2H3,(H,28,29). The van der Waals surface area contributed by atoms with Crippen LogP contribution in [0.1, 0.15) is 39.0 Å². The third-order valence-corrected chi connectivity index (χ3v) is 9.35. The molecule has 1 aliphatic carbocycles.